The molecule has 1 aliphatic rings. The first-order valence-electron chi connectivity index (χ1n) is 7.42. The van der Waals surface area contributed by atoms with E-state index < -0.39 is 17.2 Å². The van der Waals surface area contributed by atoms with E-state index in [1.165, 1.54) is 25.8 Å². The molecule has 25 heavy (non-hydrogen) atoms. The van der Waals surface area contributed by atoms with Crippen LogP contribution >= 0.6 is 0 Å². The number of para-hydroxylation sites is 1. The van der Waals surface area contributed by atoms with Crippen LogP contribution in [0.2, 0.25) is 0 Å². The number of nitrogens with zero attached hydrogens (tertiary/aromatic N) is 3. The van der Waals surface area contributed by atoms with E-state index in [0.29, 0.717) is 11.3 Å². The van der Waals surface area contributed by atoms with E-state index in [2.05, 4.69) is 0 Å². The third-order valence-electron chi connectivity index (χ3n) is 4.26. The van der Waals surface area contributed by atoms with Crippen molar-refractivity contribution in [3.8, 4) is 17.7 Å². The molecule has 0 aliphatic carbocycles. The number of nitriles is 1. The van der Waals surface area contributed by atoms with E-state index in [-0.39, 0.29) is 22.9 Å². The highest BCUT2D eigenvalue weighted by Crippen LogP contribution is 2.42. The number of nitrogens with two attached hydrogens (primary N) is 1. The number of aromatic nitrogens is 2. The fourth-order valence-electron chi connectivity index (χ4n) is 3.00. The molecule has 8 heteroatoms. The van der Waals surface area contributed by atoms with Crippen LogP contribution in [0.5, 0.6) is 11.6 Å². The summed E-state index contributed by atoms with van der Waals surface area (Å²) in [6, 6.07) is 9.03. The van der Waals surface area contributed by atoms with Crippen molar-refractivity contribution in [2.45, 2.75) is 5.92 Å². The number of fused-ring (bicyclic) bond motifs is 1. The minimum atomic E-state index is -0.796. The summed E-state index contributed by atoms with van der Waals surface area (Å²) in [5, 5.41) is 9.58. The largest absolute Gasteiger partial charge is 0.496 e. The molecule has 1 unspecified atom stereocenters. The van der Waals surface area contributed by atoms with E-state index in [4.69, 9.17) is 15.2 Å². The van der Waals surface area contributed by atoms with Gasteiger partial charge < -0.3 is 15.2 Å². The Hall–Kier alpha value is -3.47. The van der Waals surface area contributed by atoms with Gasteiger partial charge in [-0.3, -0.25) is 13.9 Å². The lowest BCUT2D eigenvalue weighted by atomic mass is 9.84. The van der Waals surface area contributed by atoms with Crippen molar-refractivity contribution in [3.63, 3.8) is 0 Å². The molecule has 2 aromatic rings. The van der Waals surface area contributed by atoms with E-state index in [1.807, 2.05) is 6.07 Å². The molecule has 1 aromatic carbocycles. The molecule has 2 heterocycles. The smallest absolute Gasteiger partial charge is 0.333 e. The number of hydrogen-bond acceptors (Lipinski definition) is 6. The lowest BCUT2D eigenvalue weighted by Gasteiger charge is -2.28. The number of rotatable bonds is 2. The highest BCUT2D eigenvalue weighted by molar-refractivity contribution is 5.56. The molecular weight excluding hydrogens is 324 g/mol. The molecule has 1 aliphatic heterocycles. The van der Waals surface area contributed by atoms with Gasteiger partial charge in [-0.05, 0) is 6.07 Å². The molecule has 0 spiro atoms. The number of ether oxygens (including phenoxy) is 2. The van der Waals surface area contributed by atoms with Gasteiger partial charge in [-0.25, -0.2) is 4.79 Å². The summed E-state index contributed by atoms with van der Waals surface area (Å²) in [7, 11) is 4.35. The maximum Gasteiger partial charge on any atom is 0.333 e. The minimum absolute atomic E-state index is 0.0282. The van der Waals surface area contributed by atoms with Crippen LogP contribution in [0.1, 0.15) is 17.0 Å². The molecule has 2 N–H and O–H groups in total. The van der Waals surface area contributed by atoms with Gasteiger partial charge in [-0.2, -0.15) is 5.26 Å². The molecule has 1 aromatic heterocycles. The van der Waals surface area contributed by atoms with Crippen molar-refractivity contribution in [3.05, 3.63) is 67.7 Å². The Balaban J connectivity index is 2.46. The number of benzene rings is 1. The fraction of sp³-hybridized carbons (Fsp3) is 0.235. The summed E-state index contributed by atoms with van der Waals surface area (Å²) < 4.78 is 13.0. The molecule has 0 saturated heterocycles. The first-order chi connectivity index (χ1) is 11.9. The zero-order valence-corrected chi connectivity index (χ0v) is 13.9. The van der Waals surface area contributed by atoms with Crippen LogP contribution in [0, 0.1) is 11.3 Å². The Bertz CT molecular complexity index is 1060. The Labute approximate surface area is 142 Å². The van der Waals surface area contributed by atoms with Crippen molar-refractivity contribution < 1.29 is 9.47 Å². The van der Waals surface area contributed by atoms with Crippen LogP contribution in [0.25, 0.3) is 0 Å². The summed E-state index contributed by atoms with van der Waals surface area (Å²) in [6.45, 7) is 0. The third kappa shape index (κ3) is 2.29. The van der Waals surface area contributed by atoms with E-state index in [0.717, 1.165) is 4.57 Å². The van der Waals surface area contributed by atoms with Crippen LogP contribution < -0.4 is 26.5 Å². The molecular formula is C17H16N4O4. The lowest BCUT2D eigenvalue weighted by Crippen LogP contribution is -2.42. The number of methoxy groups -OCH3 is 1. The summed E-state index contributed by atoms with van der Waals surface area (Å²) in [6.07, 6.45) is 0. The summed E-state index contributed by atoms with van der Waals surface area (Å²) in [4.78, 5) is 25.0. The highest BCUT2D eigenvalue weighted by Gasteiger charge is 2.37. The van der Waals surface area contributed by atoms with Crippen LogP contribution in [-0.4, -0.2) is 16.2 Å². The van der Waals surface area contributed by atoms with Crippen molar-refractivity contribution in [1.29, 1.82) is 5.26 Å². The van der Waals surface area contributed by atoms with Crippen molar-refractivity contribution >= 4 is 0 Å². The van der Waals surface area contributed by atoms with Crippen LogP contribution in [0.3, 0.4) is 0 Å². The van der Waals surface area contributed by atoms with Crippen molar-refractivity contribution in [1.82, 2.24) is 9.13 Å². The SMILES string of the molecule is COc1ccccc1C1C(C#N)=C(N)Oc2c1c(=O)n(C)c(=O)n2C. The molecule has 1 atom stereocenters. The quantitative estimate of drug-likeness (QED) is 0.842. The molecule has 3 rings (SSSR count). The Morgan fingerprint density at radius 3 is 2.56 bits per heavy atom. The van der Waals surface area contributed by atoms with Crippen LogP contribution in [-0.2, 0) is 14.1 Å². The van der Waals surface area contributed by atoms with E-state index in [1.54, 1.807) is 24.3 Å². The highest BCUT2D eigenvalue weighted by atomic mass is 16.5. The standard InChI is InChI=1S/C17H16N4O4/c1-20-15(22)13-12(9-6-4-5-7-11(9)24-3)10(8-18)14(19)25-16(13)21(2)17(20)23/h4-7,12H,19H2,1-3H3. The molecule has 0 fully saturated rings. The second-order valence-corrected chi connectivity index (χ2v) is 5.59. The molecule has 0 radical (unpaired) electrons. The Morgan fingerprint density at radius 2 is 1.92 bits per heavy atom. The normalized spacial score (nSPS) is 16.0. The van der Waals surface area contributed by atoms with E-state index in [9.17, 15) is 14.9 Å². The van der Waals surface area contributed by atoms with Gasteiger partial charge in [0.15, 0.2) is 0 Å². The maximum absolute atomic E-state index is 12.8. The van der Waals surface area contributed by atoms with Gasteiger partial charge >= 0.3 is 5.69 Å². The van der Waals surface area contributed by atoms with Gasteiger partial charge in [-0.1, -0.05) is 18.2 Å². The fourth-order valence-corrected chi connectivity index (χ4v) is 3.00. The third-order valence-corrected chi connectivity index (χ3v) is 4.26. The predicted octanol–water partition coefficient (Wildman–Crippen LogP) is 0.311. The predicted molar refractivity (Wildman–Crippen MR) is 89.2 cm³/mol. The average Bonchev–Trinajstić information content (AvgIpc) is 2.63. The lowest BCUT2D eigenvalue weighted by molar-refractivity contribution is 0.346. The topological polar surface area (TPSA) is 112 Å². The Kier molecular flexibility index (Phi) is 3.85. The van der Waals surface area contributed by atoms with Crippen molar-refractivity contribution in [2.24, 2.45) is 19.8 Å². The van der Waals surface area contributed by atoms with Gasteiger partial charge in [0.2, 0.25) is 11.8 Å². The van der Waals surface area contributed by atoms with Crippen LogP contribution in [0.15, 0.2) is 45.3 Å². The minimum Gasteiger partial charge on any atom is -0.496 e. The molecule has 128 valence electrons. The number of hydrogen-bond donors (Lipinski definition) is 1. The monoisotopic (exact) mass is 340 g/mol. The maximum atomic E-state index is 12.8. The molecule has 0 amide bonds. The van der Waals surface area contributed by atoms with E-state index >= 15 is 0 Å². The Morgan fingerprint density at radius 1 is 1.24 bits per heavy atom. The summed E-state index contributed by atoms with van der Waals surface area (Å²) in [5.74, 6) is -0.415. The van der Waals surface area contributed by atoms with Gasteiger partial charge in [0.1, 0.15) is 17.4 Å². The van der Waals surface area contributed by atoms with Crippen molar-refractivity contribution in [2.75, 3.05) is 7.11 Å². The summed E-state index contributed by atoms with van der Waals surface area (Å²) in [5.41, 5.74) is 5.65. The second kappa shape index (κ2) is 5.87. The molecule has 0 bridgehead atoms. The zero-order valence-electron chi connectivity index (χ0n) is 13.9. The summed E-state index contributed by atoms with van der Waals surface area (Å²) >= 11 is 0. The van der Waals surface area contributed by atoms with Gasteiger partial charge in [0.25, 0.3) is 5.56 Å². The molecule has 8 nitrogen and oxygen atoms in total. The average molecular weight is 340 g/mol. The second-order valence-electron chi connectivity index (χ2n) is 5.59. The first-order valence-corrected chi connectivity index (χ1v) is 7.42. The molecule has 0 saturated carbocycles. The van der Waals surface area contributed by atoms with Gasteiger partial charge in [0, 0.05) is 19.7 Å². The number of allylic oxidation sites excluding steroid dienone is 1. The first kappa shape index (κ1) is 16.4. The zero-order chi connectivity index (χ0) is 18.3. The van der Waals surface area contributed by atoms with Gasteiger partial charge in [0.05, 0.1) is 18.6 Å². The van der Waals surface area contributed by atoms with Gasteiger partial charge in [-0.15, -0.1) is 0 Å². The van der Waals surface area contributed by atoms with Crippen LogP contribution in [0.4, 0.5) is 0 Å².